The molecule has 0 unspecified atom stereocenters. The standard InChI is InChI=1S/C11H15N3O2/c12-14-10(15)11(4-7-16-8-5-11)9-3-1-2-6-13-9/h1-3,6H,4-5,7-8,12H2,(H,14,15). The van der Waals surface area contributed by atoms with E-state index in [9.17, 15) is 4.79 Å². The normalized spacial score (nSPS) is 19.1. The first-order valence-electron chi connectivity index (χ1n) is 5.30. The number of hydrazine groups is 1. The van der Waals surface area contributed by atoms with Crippen molar-refractivity contribution in [3.05, 3.63) is 30.1 Å². The summed E-state index contributed by atoms with van der Waals surface area (Å²) in [6, 6.07) is 5.57. The minimum absolute atomic E-state index is 0.186. The number of hydrogen-bond acceptors (Lipinski definition) is 4. The highest BCUT2D eigenvalue weighted by atomic mass is 16.5. The number of rotatable bonds is 2. The fourth-order valence-electron chi connectivity index (χ4n) is 2.10. The van der Waals surface area contributed by atoms with Gasteiger partial charge in [0.05, 0.1) is 11.1 Å². The molecule has 1 aliphatic heterocycles. The van der Waals surface area contributed by atoms with Crippen LogP contribution >= 0.6 is 0 Å². The highest BCUT2D eigenvalue weighted by Crippen LogP contribution is 2.33. The Morgan fingerprint density at radius 3 is 2.75 bits per heavy atom. The minimum atomic E-state index is -0.631. The molecule has 0 radical (unpaired) electrons. The second-order valence-corrected chi connectivity index (χ2v) is 3.88. The van der Waals surface area contributed by atoms with E-state index >= 15 is 0 Å². The van der Waals surface area contributed by atoms with Gasteiger partial charge < -0.3 is 4.74 Å². The lowest BCUT2D eigenvalue weighted by atomic mass is 9.76. The van der Waals surface area contributed by atoms with Gasteiger partial charge in [-0.1, -0.05) is 6.07 Å². The summed E-state index contributed by atoms with van der Waals surface area (Å²) in [5.41, 5.74) is 2.37. The van der Waals surface area contributed by atoms with Crippen molar-refractivity contribution in [2.75, 3.05) is 13.2 Å². The molecular weight excluding hydrogens is 206 g/mol. The van der Waals surface area contributed by atoms with Crippen LogP contribution in [0.4, 0.5) is 0 Å². The van der Waals surface area contributed by atoms with Crippen LogP contribution in [-0.2, 0) is 14.9 Å². The average Bonchev–Trinajstić information content (AvgIpc) is 2.39. The number of nitrogens with two attached hydrogens (primary N) is 1. The Morgan fingerprint density at radius 2 is 2.19 bits per heavy atom. The van der Waals surface area contributed by atoms with Gasteiger partial charge in [0.15, 0.2) is 0 Å². The van der Waals surface area contributed by atoms with Crippen LogP contribution in [-0.4, -0.2) is 24.1 Å². The van der Waals surface area contributed by atoms with Crippen molar-refractivity contribution in [1.82, 2.24) is 10.4 Å². The van der Waals surface area contributed by atoms with Gasteiger partial charge in [-0.15, -0.1) is 0 Å². The van der Waals surface area contributed by atoms with Crippen LogP contribution in [0.2, 0.25) is 0 Å². The molecule has 1 fully saturated rings. The zero-order valence-corrected chi connectivity index (χ0v) is 8.98. The molecule has 86 valence electrons. The van der Waals surface area contributed by atoms with Crippen molar-refractivity contribution >= 4 is 5.91 Å². The fourth-order valence-corrected chi connectivity index (χ4v) is 2.10. The summed E-state index contributed by atoms with van der Waals surface area (Å²) >= 11 is 0. The van der Waals surface area contributed by atoms with E-state index in [4.69, 9.17) is 10.6 Å². The van der Waals surface area contributed by atoms with Gasteiger partial charge in [0.2, 0.25) is 5.91 Å². The fraction of sp³-hybridized carbons (Fsp3) is 0.455. The van der Waals surface area contributed by atoms with E-state index < -0.39 is 5.41 Å². The second-order valence-electron chi connectivity index (χ2n) is 3.88. The predicted molar refractivity (Wildman–Crippen MR) is 58.3 cm³/mol. The van der Waals surface area contributed by atoms with Crippen molar-refractivity contribution < 1.29 is 9.53 Å². The smallest absolute Gasteiger partial charge is 0.246 e. The van der Waals surface area contributed by atoms with E-state index in [1.807, 2.05) is 18.2 Å². The Balaban J connectivity index is 2.38. The van der Waals surface area contributed by atoms with Crippen LogP contribution in [0.15, 0.2) is 24.4 Å². The number of aromatic nitrogens is 1. The van der Waals surface area contributed by atoms with E-state index in [1.54, 1.807) is 6.20 Å². The van der Waals surface area contributed by atoms with Crippen LogP contribution in [0.25, 0.3) is 0 Å². The summed E-state index contributed by atoms with van der Waals surface area (Å²) in [6.07, 6.45) is 2.93. The molecule has 1 aliphatic rings. The molecule has 1 amide bonds. The van der Waals surface area contributed by atoms with Crippen molar-refractivity contribution in [3.8, 4) is 0 Å². The number of pyridine rings is 1. The SMILES string of the molecule is NNC(=O)C1(c2ccccn2)CCOCC1. The van der Waals surface area contributed by atoms with Crippen molar-refractivity contribution in [2.45, 2.75) is 18.3 Å². The molecule has 2 heterocycles. The molecule has 16 heavy (non-hydrogen) atoms. The third kappa shape index (κ3) is 1.79. The first-order valence-corrected chi connectivity index (χ1v) is 5.30. The molecule has 0 aliphatic carbocycles. The average molecular weight is 221 g/mol. The summed E-state index contributed by atoms with van der Waals surface area (Å²) in [5.74, 6) is 5.07. The Labute approximate surface area is 94.0 Å². The van der Waals surface area contributed by atoms with Gasteiger partial charge in [-0.05, 0) is 25.0 Å². The summed E-state index contributed by atoms with van der Waals surface area (Å²) in [7, 11) is 0. The van der Waals surface area contributed by atoms with Gasteiger partial charge in [-0.25, -0.2) is 5.84 Å². The second kappa shape index (κ2) is 4.59. The maximum absolute atomic E-state index is 12.0. The summed E-state index contributed by atoms with van der Waals surface area (Å²) in [4.78, 5) is 16.2. The van der Waals surface area contributed by atoms with Crippen molar-refractivity contribution in [3.63, 3.8) is 0 Å². The molecule has 3 N–H and O–H groups in total. The van der Waals surface area contributed by atoms with E-state index in [2.05, 4.69) is 10.4 Å². The summed E-state index contributed by atoms with van der Waals surface area (Å²) < 4.78 is 5.29. The zero-order valence-electron chi connectivity index (χ0n) is 8.98. The summed E-state index contributed by atoms with van der Waals surface area (Å²) in [6.45, 7) is 1.12. The number of nitrogens with one attached hydrogen (secondary N) is 1. The van der Waals surface area contributed by atoms with Gasteiger partial charge in [0.1, 0.15) is 0 Å². The Kier molecular flexibility index (Phi) is 3.17. The van der Waals surface area contributed by atoms with E-state index in [0.717, 1.165) is 5.69 Å². The highest BCUT2D eigenvalue weighted by molar-refractivity contribution is 5.87. The van der Waals surface area contributed by atoms with Crippen LogP contribution in [0.1, 0.15) is 18.5 Å². The van der Waals surface area contributed by atoms with Gasteiger partial charge in [-0.3, -0.25) is 15.2 Å². The molecule has 0 saturated carbocycles. The number of carbonyl (C=O) groups is 1. The van der Waals surface area contributed by atoms with Gasteiger partial charge in [0, 0.05) is 19.4 Å². The number of hydrogen-bond donors (Lipinski definition) is 2. The number of amides is 1. The number of carbonyl (C=O) groups excluding carboxylic acids is 1. The molecular formula is C11H15N3O2. The largest absolute Gasteiger partial charge is 0.381 e. The predicted octanol–water partition coefficient (Wildman–Crippen LogP) is 0.120. The van der Waals surface area contributed by atoms with Crippen molar-refractivity contribution in [2.24, 2.45) is 5.84 Å². The van der Waals surface area contributed by atoms with Gasteiger partial charge in [0.25, 0.3) is 0 Å². The Bertz CT molecular complexity index is 361. The van der Waals surface area contributed by atoms with Crippen LogP contribution in [0.5, 0.6) is 0 Å². The minimum Gasteiger partial charge on any atom is -0.381 e. The molecule has 0 bridgehead atoms. The van der Waals surface area contributed by atoms with Gasteiger partial charge >= 0.3 is 0 Å². The molecule has 2 rings (SSSR count). The molecule has 0 atom stereocenters. The molecule has 1 saturated heterocycles. The zero-order chi connectivity index (χ0) is 11.4. The summed E-state index contributed by atoms with van der Waals surface area (Å²) in [5, 5.41) is 0. The molecule has 5 heteroatoms. The lowest BCUT2D eigenvalue weighted by molar-refractivity contribution is -0.130. The Hall–Kier alpha value is -1.46. The maximum atomic E-state index is 12.0. The van der Waals surface area contributed by atoms with Gasteiger partial charge in [-0.2, -0.15) is 0 Å². The molecule has 1 aromatic rings. The van der Waals surface area contributed by atoms with E-state index in [0.29, 0.717) is 26.1 Å². The van der Waals surface area contributed by atoms with Crippen LogP contribution < -0.4 is 11.3 Å². The van der Waals surface area contributed by atoms with E-state index in [1.165, 1.54) is 0 Å². The van der Waals surface area contributed by atoms with E-state index in [-0.39, 0.29) is 5.91 Å². The first-order chi connectivity index (χ1) is 7.79. The Morgan fingerprint density at radius 1 is 1.44 bits per heavy atom. The third-order valence-corrected chi connectivity index (χ3v) is 3.07. The molecule has 5 nitrogen and oxygen atoms in total. The van der Waals surface area contributed by atoms with Crippen molar-refractivity contribution in [1.29, 1.82) is 0 Å². The monoisotopic (exact) mass is 221 g/mol. The number of nitrogens with zero attached hydrogens (tertiary/aromatic N) is 1. The molecule has 1 aromatic heterocycles. The van der Waals surface area contributed by atoms with Crippen LogP contribution in [0, 0.1) is 0 Å². The topological polar surface area (TPSA) is 77.2 Å². The molecule has 0 spiro atoms. The lowest BCUT2D eigenvalue weighted by Gasteiger charge is -2.34. The maximum Gasteiger partial charge on any atom is 0.246 e. The first kappa shape index (κ1) is 11.0. The highest BCUT2D eigenvalue weighted by Gasteiger charge is 2.42. The quantitative estimate of drug-likeness (QED) is 0.422. The third-order valence-electron chi connectivity index (χ3n) is 3.07. The molecule has 0 aromatic carbocycles. The lowest BCUT2D eigenvalue weighted by Crippen LogP contribution is -2.50. The van der Waals surface area contributed by atoms with Crippen LogP contribution in [0.3, 0.4) is 0 Å². The number of ether oxygens (including phenoxy) is 1.